The second-order valence-corrected chi connectivity index (χ2v) is 6.42. The average Bonchev–Trinajstić information content (AvgIpc) is 2.75. The Morgan fingerprint density at radius 2 is 2.11 bits per heavy atom. The smallest absolute Gasteiger partial charge is 0.0378 e. The molecule has 104 valence electrons. The lowest BCUT2D eigenvalue weighted by molar-refractivity contribution is 0.224. The van der Waals surface area contributed by atoms with E-state index in [-0.39, 0.29) is 0 Å². The van der Waals surface area contributed by atoms with Crippen LogP contribution in [0.1, 0.15) is 12.8 Å². The number of hydrogen-bond acceptors (Lipinski definition) is 3. The van der Waals surface area contributed by atoms with Gasteiger partial charge in [-0.25, -0.2) is 0 Å². The number of nitrogens with one attached hydrogen (secondary N) is 1. The molecule has 1 aromatic carbocycles. The third-order valence-corrected chi connectivity index (χ3v) is 4.72. The maximum Gasteiger partial charge on any atom is 0.0378 e. The van der Waals surface area contributed by atoms with Gasteiger partial charge >= 0.3 is 0 Å². The predicted octanol–water partition coefficient (Wildman–Crippen LogP) is 2.32. The summed E-state index contributed by atoms with van der Waals surface area (Å²) in [6, 6.07) is 9.41. The van der Waals surface area contributed by atoms with E-state index >= 15 is 0 Å². The van der Waals surface area contributed by atoms with Crippen LogP contribution in [0, 0.1) is 0 Å². The lowest BCUT2D eigenvalue weighted by Gasteiger charge is -2.27. The normalized spacial score (nSPS) is 25.5. The summed E-state index contributed by atoms with van der Waals surface area (Å²) in [6.45, 7) is 7.15. The highest BCUT2D eigenvalue weighted by molar-refractivity contribution is 9.10. The molecule has 2 fully saturated rings. The molecule has 2 saturated heterocycles. The van der Waals surface area contributed by atoms with Crippen LogP contribution in [0.15, 0.2) is 28.7 Å². The highest BCUT2D eigenvalue weighted by Gasteiger charge is 2.28. The Labute approximate surface area is 124 Å². The Hall–Kier alpha value is -0.580. The van der Waals surface area contributed by atoms with Crippen molar-refractivity contribution in [1.82, 2.24) is 10.2 Å². The quantitative estimate of drug-likeness (QED) is 0.901. The highest BCUT2D eigenvalue weighted by Crippen LogP contribution is 2.25. The van der Waals surface area contributed by atoms with Crippen molar-refractivity contribution < 1.29 is 0 Å². The maximum absolute atomic E-state index is 3.57. The fourth-order valence-electron chi connectivity index (χ4n) is 3.18. The molecule has 0 bridgehead atoms. The molecule has 0 spiro atoms. The lowest BCUT2D eigenvalue weighted by Crippen LogP contribution is -2.39. The Bertz CT molecular complexity index is 416. The average molecular weight is 324 g/mol. The second-order valence-electron chi connectivity index (χ2n) is 5.51. The second kappa shape index (κ2) is 6.25. The summed E-state index contributed by atoms with van der Waals surface area (Å²) >= 11 is 3.57. The van der Waals surface area contributed by atoms with E-state index in [1.165, 1.54) is 55.7 Å². The number of halogens is 1. The Morgan fingerprint density at radius 1 is 1.16 bits per heavy atom. The van der Waals surface area contributed by atoms with Crippen LogP contribution < -0.4 is 10.2 Å². The van der Waals surface area contributed by atoms with Crippen molar-refractivity contribution >= 4 is 21.6 Å². The molecule has 2 aliphatic heterocycles. The van der Waals surface area contributed by atoms with Gasteiger partial charge < -0.3 is 10.2 Å². The SMILES string of the molecule is Brc1cccc(N2CCC(N3CCCNCC3)C2)c1. The van der Waals surface area contributed by atoms with Crippen LogP contribution >= 0.6 is 15.9 Å². The molecule has 0 amide bonds. The molecule has 0 saturated carbocycles. The molecule has 3 nitrogen and oxygen atoms in total. The van der Waals surface area contributed by atoms with E-state index in [0.717, 1.165) is 12.6 Å². The zero-order chi connectivity index (χ0) is 13.1. The van der Waals surface area contributed by atoms with E-state index in [4.69, 9.17) is 0 Å². The van der Waals surface area contributed by atoms with Crippen LogP contribution in [0.5, 0.6) is 0 Å². The predicted molar refractivity (Wildman–Crippen MR) is 83.8 cm³/mol. The van der Waals surface area contributed by atoms with Crippen molar-refractivity contribution in [1.29, 1.82) is 0 Å². The first-order valence-corrected chi connectivity index (χ1v) is 8.07. The molecule has 1 atom stereocenters. The van der Waals surface area contributed by atoms with E-state index in [0.29, 0.717) is 0 Å². The van der Waals surface area contributed by atoms with E-state index in [1.807, 2.05) is 0 Å². The van der Waals surface area contributed by atoms with Gasteiger partial charge in [0, 0.05) is 42.4 Å². The van der Waals surface area contributed by atoms with Crippen molar-refractivity contribution in [3.8, 4) is 0 Å². The fraction of sp³-hybridized carbons (Fsp3) is 0.600. The molecule has 4 heteroatoms. The van der Waals surface area contributed by atoms with Crippen molar-refractivity contribution in [3.63, 3.8) is 0 Å². The summed E-state index contributed by atoms with van der Waals surface area (Å²) < 4.78 is 1.17. The van der Waals surface area contributed by atoms with Gasteiger partial charge in [-0.05, 0) is 44.1 Å². The van der Waals surface area contributed by atoms with Crippen molar-refractivity contribution in [2.75, 3.05) is 44.2 Å². The molecule has 1 aromatic rings. The van der Waals surface area contributed by atoms with Gasteiger partial charge in [-0.3, -0.25) is 4.90 Å². The zero-order valence-corrected chi connectivity index (χ0v) is 12.9. The minimum atomic E-state index is 0.735. The van der Waals surface area contributed by atoms with Gasteiger partial charge in [0.25, 0.3) is 0 Å². The van der Waals surface area contributed by atoms with Crippen LogP contribution in [-0.4, -0.2) is 50.2 Å². The Balaban J connectivity index is 1.63. The van der Waals surface area contributed by atoms with Crippen molar-refractivity contribution in [3.05, 3.63) is 28.7 Å². The van der Waals surface area contributed by atoms with Gasteiger partial charge in [0.05, 0.1) is 0 Å². The largest absolute Gasteiger partial charge is 0.370 e. The Morgan fingerprint density at radius 3 is 3.00 bits per heavy atom. The number of anilines is 1. The molecule has 1 unspecified atom stereocenters. The summed E-state index contributed by atoms with van der Waals surface area (Å²) in [5.41, 5.74) is 1.35. The van der Waals surface area contributed by atoms with Gasteiger partial charge in [-0.15, -0.1) is 0 Å². The van der Waals surface area contributed by atoms with Gasteiger partial charge in [-0.2, -0.15) is 0 Å². The zero-order valence-electron chi connectivity index (χ0n) is 11.3. The summed E-state index contributed by atoms with van der Waals surface area (Å²) in [5, 5.41) is 3.49. The molecule has 0 aromatic heterocycles. The van der Waals surface area contributed by atoms with Crippen LogP contribution in [0.3, 0.4) is 0 Å². The van der Waals surface area contributed by atoms with E-state index in [1.54, 1.807) is 0 Å². The molecular weight excluding hydrogens is 302 g/mol. The molecule has 19 heavy (non-hydrogen) atoms. The Kier molecular flexibility index (Phi) is 4.41. The van der Waals surface area contributed by atoms with Crippen LogP contribution in [0.25, 0.3) is 0 Å². The molecule has 2 heterocycles. The van der Waals surface area contributed by atoms with E-state index in [2.05, 4.69) is 55.3 Å². The van der Waals surface area contributed by atoms with Gasteiger partial charge in [0.1, 0.15) is 0 Å². The van der Waals surface area contributed by atoms with E-state index < -0.39 is 0 Å². The summed E-state index contributed by atoms with van der Waals surface area (Å²) in [5.74, 6) is 0. The topological polar surface area (TPSA) is 18.5 Å². The molecule has 3 rings (SSSR count). The number of rotatable bonds is 2. The molecule has 0 radical (unpaired) electrons. The molecule has 1 N–H and O–H groups in total. The summed E-state index contributed by atoms with van der Waals surface area (Å²) in [7, 11) is 0. The van der Waals surface area contributed by atoms with Gasteiger partial charge in [0.15, 0.2) is 0 Å². The first-order chi connectivity index (χ1) is 9.33. The van der Waals surface area contributed by atoms with Crippen LogP contribution in [0.4, 0.5) is 5.69 Å². The van der Waals surface area contributed by atoms with Gasteiger partial charge in [-0.1, -0.05) is 22.0 Å². The van der Waals surface area contributed by atoms with Crippen LogP contribution in [0.2, 0.25) is 0 Å². The lowest BCUT2D eigenvalue weighted by atomic mass is 10.2. The van der Waals surface area contributed by atoms with Crippen molar-refractivity contribution in [2.24, 2.45) is 0 Å². The molecule has 2 aliphatic rings. The monoisotopic (exact) mass is 323 g/mol. The third-order valence-electron chi connectivity index (χ3n) is 4.23. The third kappa shape index (κ3) is 3.30. The standard InChI is InChI=1S/C15H22BrN3/c16-13-3-1-4-14(11-13)19-9-5-15(12-19)18-8-2-6-17-7-10-18/h1,3-4,11,15,17H,2,5-10,12H2. The summed E-state index contributed by atoms with van der Waals surface area (Å²) in [6.07, 6.45) is 2.58. The number of benzene rings is 1. The molecular formula is C15H22BrN3. The molecule has 0 aliphatic carbocycles. The minimum absolute atomic E-state index is 0.735. The number of hydrogen-bond donors (Lipinski definition) is 1. The first-order valence-electron chi connectivity index (χ1n) is 7.28. The minimum Gasteiger partial charge on any atom is -0.370 e. The van der Waals surface area contributed by atoms with Crippen LogP contribution in [-0.2, 0) is 0 Å². The fourth-order valence-corrected chi connectivity index (χ4v) is 3.57. The van der Waals surface area contributed by atoms with E-state index in [9.17, 15) is 0 Å². The maximum atomic E-state index is 3.57. The first kappa shape index (κ1) is 13.4. The number of nitrogens with zero attached hydrogens (tertiary/aromatic N) is 2. The van der Waals surface area contributed by atoms with Crippen molar-refractivity contribution in [2.45, 2.75) is 18.9 Å². The summed E-state index contributed by atoms with van der Waals surface area (Å²) in [4.78, 5) is 5.20. The van der Waals surface area contributed by atoms with Gasteiger partial charge in [0.2, 0.25) is 0 Å². The highest BCUT2D eigenvalue weighted by atomic mass is 79.9.